The Labute approximate surface area is 83.4 Å². The fraction of sp³-hybridized carbons (Fsp3) is 0.100. The van der Waals surface area contributed by atoms with Gasteiger partial charge in [-0.15, -0.1) is 11.3 Å². The van der Waals surface area contributed by atoms with E-state index in [1.807, 2.05) is 10.8 Å². The maximum Gasteiger partial charge on any atom is 0.189 e. The number of ketones is 2. The Bertz CT molecular complexity index is 523. The van der Waals surface area contributed by atoms with E-state index in [2.05, 4.69) is 4.98 Å². The zero-order valence-corrected chi connectivity index (χ0v) is 7.93. The largest absolute Gasteiger partial charge is 0.294 e. The number of hydrogen-bond acceptors (Lipinski definition) is 4. The molecule has 14 heavy (non-hydrogen) atoms. The van der Waals surface area contributed by atoms with Crippen molar-refractivity contribution in [3.63, 3.8) is 0 Å². The lowest BCUT2D eigenvalue weighted by molar-refractivity contribution is 0.0921. The fourth-order valence-electron chi connectivity index (χ4n) is 1.65. The number of rotatable bonds is 0. The summed E-state index contributed by atoms with van der Waals surface area (Å²) in [5.41, 5.74) is 1.64. The molecule has 0 unspecified atom stereocenters. The first-order valence-corrected chi connectivity index (χ1v) is 5.13. The summed E-state index contributed by atoms with van der Waals surface area (Å²) >= 11 is 1.52. The molecule has 0 aliphatic heterocycles. The van der Waals surface area contributed by atoms with Crippen LogP contribution in [0.15, 0.2) is 16.8 Å². The number of pyridine rings is 1. The van der Waals surface area contributed by atoms with E-state index >= 15 is 0 Å². The third-order valence-electron chi connectivity index (χ3n) is 2.34. The molecule has 0 fully saturated rings. The van der Waals surface area contributed by atoms with Crippen LogP contribution in [-0.2, 0) is 0 Å². The van der Waals surface area contributed by atoms with E-state index in [0.717, 1.165) is 10.9 Å². The van der Waals surface area contributed by atoms with Crippen molar-refractivity contribution in [2.45, 2.75) is 6.42 Å². The Morgan fingerprint density at radius 1 is 1.21 bits per heavy atom. The minimum atomic E-state index is -0.155. The van der Waals surface area contributed by atoms with Gasteiger partial charge in [0.15, 0.2) is 11.6 Å². The van der Waals surface area contributed by atoms with Crippen LogP contribution in [0.25, 0.3) is 10.9 Å². The Hall–Kier alpha value is -1.55. The van der Waals surface area contributed by atoms with Gasteiger partial charge in [0.05, 0.1) is 11.9 Å². The summed E-state index contributed by atoms with van der Waals surface area (Å²) < 4.78 is 0. The first-order chi connectivity index (χ1) is 6.75. The maximum absolute atomic E-state index is 11.4. The van der Waals surface area contributed by atoms with Crippen LogP contribution >= 0.6 is 11.3 Å². The smallest absolute Gasteiger partial charge is 0.189 e. The first-order valence-electron chi connectivity index (χ1n) is 4.19. The molecule has 0 atom stereocenters. The van der Waals surface area contributed by atoms with Crippen LogP contribution in [0.2, 0.25) is 0 Å². The lowest BCUT2D eigenvalue weighted by atomic mass is 10.2. The topological polar surface area (TPSA) is 47.0 Å². The molecule has 1 aliphatic carbocycles. The van der Waals surface area contributed by atoms with Gasteiger partial charge in [0.2, 0.25) is 0 Å². The van der Waals surface area contributed by atoms with Gasteiger partial charge in [0.1, 0.15) is 5.69 Å². The highest BCUT2D eigenvalue weighted by Gasteiger charge is 2.29. The van der Waals surface area contributed by atoms with E-state index in [9.17, 15) is 9.59 Å². The lowest BCUT2D eigenvalue weighted by Crippen LogP contribution is -1.94. The molecular formula is C10H5NO2S. The Kier molecular flexibility index (Phi) is 1.39. The van der Waals surface area contributed by atoms with Crippen molar-refractivity contribution >= 4 is 33.8 Å². The number of thiophene rings is 1. The van der Waals surface area contributed by atoms with Gasteiger partial charge in [-0.05, 0) is 6.07 Å². The first kappa shape index (κ1) is 7.82. The third-order valence-corrected chi connectivity index (χ3v) is 3.09. The molecule has 2 aromatic heterocycles. The summed E-state index contributed by atoms with van der Waals surface area (Å²) in [5.74, 6) is -0.260. The van der Waals surface area contributed by atoms with Crippen LogP contribution in [-0.4, -0.2) is 16.6 Å². The van der Waals surface area contributed by atoms with Crippen molar-refractivity contribution in [3.05, 3.63) is 28.1 Å². The number of aromatic nitrogens is 1. The van der Waals surface area contributed by atoms with E-state index < -0.39 is 0 Å². The van der Waals surface area contributed by atoms with Crippen LogP contribution in [0.5, 0.6) is 0 Å². The third kappa shape index (κ3) is 0.886. The zero-order chi connectivity index (χ0) is 9.71. The predicted octanol–water partition coefficient (Wildman–Crippen LogP) is 2.07. The van der Waals surface area contributed by atoms with Crippen LogP contribution in [0.4, 0.5) is 0 Å². The average Bonchev–Trinajstić information content (AvgIpc) is 2.70. The highest BCUT2D eigenvalue weighted by molar-refractivity contribution is 7.09. The second-order valence-electron chi connectivity index (χ2n) is 3.25. The number of carbonyl (C=O) groups is 2. The highest BCUT2D eigenvalue weighted by Crippen LogP contribution is 2.26. The summed E-state index contributed by atoms with van der Waals surface area (Å²) in [6, 6.07) is 1.77. The minimum Gasteiger partial charge on any atom is -0.294 e. The van der Waals surface area contributed by atoms with Crippen molar-refractivity contribution in [2.75, 3.05) is 0 Å². The molecule has 0 radical (unpaired) electrons. The van der Waals surface area contributed by atoms with Gasteiger partial charge in [-0.2, -0.15) is 0 Å². The van der Waals surface area contributed by atoms with Gasteiger partial charge >= 0.3 is 0 Å². The Balaban J connectivity index is 2.43. The summed E-state index contributed by atoms with van der Waals surface area (Å²) in [6.45, 7) is 0. The van der Waals surface area contributed by atoms with Crippen molar-refractivity contribution < 1.29 is 9.59 Å². The number of Topliss-reactive ketones (excluding diaryl/α,β-unsaturated/α-hetero) is 2. The van der Waals surface area contributed by atoms with Crippen LogP contribution in [0.1, 0.15) is 27.3 Å². The molecule has 3 nitrogen and oxygen atoms in total. The average molecular weight is 203 g/mol. The van der Waals surface area contributed by atoms with Crippen LogP contribution in [0.3, 0.4) is 0 Å². The van der Waals surface area contributed by atoms with Crippen molar-refractivity contribution in [1.29, 1.82) is 0 Å². The normalized spacial score (nSPS) is 15.1. The quantitative estimate of drug-likeness (QED) is 0.616. The van der Waals surface area contributed by atoms with Crippen molar-refractivity contribution in [3.8, 4) is 0 Å². The maximum atomic E-state index is 11.4. The monoisotopic (exact) mass is 203 g/mol. The number of hydrogen-bond donors (Lipinski definition) is 0. The van der Waals surface area contributed by atoms with Crippen LogP contribution in [0, 0.1) is 0 Å². The molecule has 0 N–H and O–H groups in total. The molecular weight excluding hydrogens is 198 g/mol. The van der Waals surface area contributed by atoms with Gasteiger partial charge in [-0.1, -0.05) is 0 Å². The lowest BCUT2D eigenvalue weighted by Gasteiger charge is -1.95. The Morgan fingerprint density at radius 3 is 2.93 bits per heavy atom. The number of nitrogens with zero attached hydrogens (tertiary/aromatic N) is 1. The highest BCUT2D eigenvalue weighted by atomic mass is 32.1. The van der Waals surface area contributed by atoms with Gasteiger partial charge in [0, 0.05) is 21.7 Å². The standard InChI is InChI=1S/C10H5NO2S/c12-8-2-9(13)10-6(8)1-5-3-14-4-7(5)11-10/h1,3-4H,2H2. The summed E-state index contributed by atoms with van der Waals surface area (Å²) in [7, 11) is 0. The fourth-order valence-corrected chi connectivity index (χ4v) is 2.37. The SMILES string of the molecule is O=C1CC(=O)c2nc3cscc3cc21. The molecule has 2 aromatic rings. The molecule has 1 aliphatic rings. The molecule has 0 saturated carbocycles. The van der Waals surface area contributed by atoms with Gasteiger partial charge < -0.3 is 0 Å². The van der Waals surface area contributed by atoms with E-state index in [0.29, 0.717) is 11.3 Å². The summed E-state index contributed by atoms with van der Waals surface area (Å²) in [5, 5.41) is 4.75. The molecule has 3 rings (SSSR count). The molecule has 0 aromatic carbocycles. The van der Waals surface area contributed by atoms with E-state index in [1.54, 1.807) is 6.07 Å². The van der Waals surface area contributed by atoms with Gasteiger partial charge in [-0.3, -0.25) is 9.59 Å². The van der Waals surface area contributed by atoms with Crippen molar-refractivity contribution in [2.24, 2.45) is 0 Å². The predicted molar refractivity (Wildman–Crippen MR) is 52.9 cm³/mol. The molecule has 68 valence electrons. The van der Waals surface area contributed by atoms with Crippen molar-refractivity contribution in [1.82, 2.24) is 4.98 Å². The zero-order valence-electron chi connectivity index (χ0n) is 7.11. The second-order valence-corrected chi connectivity index (χ2v) is 4.00. The van der Waals surface area contributed by atoms with E-state index in [4.69, 9.17) is 0 Å². The van der Waals surface area contributed by atoms with E-state index in [-0.39, 0.29) is 18.0 Å². The van der Waals surface area contributed by atoms with Gasteiger partial charge in [-0.25, -0.2) is 4.98 Å². The molecule has 0 saturated heterocycles. The minimum absolute atomic E-state index is 0.0155. The summed E-state index contributed by atoms with van der Waals surface area (Å²) in [6.07, 6.45) is -0.0155. The van der Waals surface area contributed by atoms with Crippen LogP contribution < -0.4 is 0 Å². The molecule has 0 spiro atoms. The molecule has 4 heteroatoms. The van der Waals surface area contributed by atoms with E-state index in [1.165, 1.54) is 11.3 Å². The number of carbonyl (C=O) groups excluding carboxylic acids is 2. The molecule has 0 amide bonds. The summed E-state index contributed by atoms with van der Waals surface area (Å²) in [4.78, 5) is 26.9. The second kappa shape index (κ2) is 2.48. The molecule has 0 bridgehead atoms. The molecule has 2 heterocycles. The Morgan fingerprint density at radius 2 is 2.07 bits per heavy atom. The number of fused-ring (bicyclic) bond motifs is 2. The van der Waals surface area contributed by atoms with Gasteiger partial charge in [0.25, 0.3) is 0 Å².